The number of anilines is 2. The van der Waals surface area contributed by atoms with Gasteiger partial charge in [-0.15, -0.1) is 11.3 Å². The van der Waals surface area contributed by atoms with Crippen molar-refractivity contribution in [2.75, 3.05) is 17.7 Å². The van der Waals surface area contributed by atoms with E-state index in [1.165, 1.54) is 24.0 Å². The molecule has 0 radical (unpaired) electrons. The molecule has 0 aliphatic carbocycles. The van der Waals surface area contributed by atoms with E-state index in [0.29, 0.717) is 15.7 Å². The molecule has 0 fully saturated rings. The number of methoxy groups -OCH3 is 1. The number of ether oxygens (including phenoxy) is 1. The molecule has 0 atom stereocenters. The molecule has 0 saturated carbocycles. The van der Waals surface area contributed by atoms with E-state index in [9.17, 15) is 4.79 Å². The molecule has 0 bridgehead atoms. The Hall–Kier alpha value is -1.92. The number of benzene rings is 1. The summed E-state index contributed by atoms with van der Waals surface area (Å²) in [5.41, 5.74) is 4.71. The van der Waals surface area contributed by atoms with Crippen LogP contribution in [0.25, 0.3) is 0 Å². The predicted octanol–water partition coefficient (Wildman–Crippen LogP) is 4.58. The summed E-state index contributed by atoms with van der Waals surface area (Å²) < 4.78 is 4.87. The van der Waals surface area contributed by atoms with Gasteiger partial charge in [0.25, 0.3) is 0 Å². The molecule has 4 nitrogen and oxygen atoms in total. The van der Waals surface area contributed by atoms with Gasteiger partial charge < -0.3 is 15.4 Å². The molecular weight excluding hydrogens is 328 g/mol. The van der Waals surface area contributed by atoms with E-state index in [1.807, 2.05) is 39.8 Å². The second kappa shape index (κ2) is 7.10. The zero-order valence-electron chi connectivity index (χ0n) is 13.9. The van der Waals surface area contributed by atoms with Crippen LogP contribution in [0.1, 0.15) is 31.9 Å². The Morgan fingerprint density at radius 2 is 1.87 bits per heavy atom. The molecule has 1 aromatic carbocycles. The third kappa shape index (κ3) is 3.89. The Labute approximate surface area is 145 Å². The van der Waals surface area contributed by atoms with E-state index in [-0.39, 0.29) is 5.97 Å². The molecule has 23 heavy (non-hydrogen) atoms. The molecule has 122 valence electrons. The lowest BCUT2D eigenvalue weighted by atomic mass is 10.1. The van der Waals surface area contributed by atoms with Gasteiger partial charge in [-0.3, -0.25) is 0 Å². The maximum atomic E-state index is 12.0. The normalized spacial score (nSPS) is 10.3. The van der Waals surface area contributed by atoms with Crippen molar-refractivity contribution in [3.63, 3.8) is 0 Å². The number of hydrogen-bond acceptors (Lipinski definition) is 4. The van der Waals surface area contributed by atoms with Gasteiger partial charge in [0, 0.05) is 10.6 Å². The van der Waals surface area contributed by atoms with E-state index in [4.69, 9.17) is 17.0 Å². The molecule has 0 amide bonds. The van der Waals surface area contributed by atoms with Crippen molar-refractivity contribution in [1.29, 1.82) is 0 Å². The quantitative estimate of drug-likeness (QED) is 0.628. The average molecular weight is 348 g/mol. The van der Waals surface area contributed by atoms with E-state index < -0.39 is 0 Å². The first-order valence-electron chi connectivity index (χ1n) is 7.17. The van der Waals surface area contributed by atoms with Crippen LogP contribution in [0.4, 0.5) is 10.7 Å². The van der Waals surface area contributed by atoms with Crippen LogP contribution in [-0.2, 0) is 4.74 Å². The highest BCUT2D eigenvalue weighted by atomic mass is 32.1. The minimum Gasteiger partial charge on any atom is -0.465 e. The lowest BCUT2D eigenvalue weighted by Gasteiger charge is -2.13. The average Bonchev–Trinajstić information content (AvgIpc) is 2.76. The first-order chi connectivity index (χ1) is 10.8. The highest BCUT2D eigenvalue weighted by molar-refractivity contribution is 7.80. The largest absolute Gasteiger partial charge is 0.465 e. The van der Waals surface area contributed by atoms with Crippen LogP contribution >= 0.6 is 23.6 Å². The molecule has 1 heterocycles. The molecule has 1 aromatic heterocycles. The molecule has 6 heteroatoms. The Morgan fingerprint density at radius 1 is 1.17 bits per heavy atom. The summed E-state index contributed by atoms with van der Waals surface area (Å²) in [5, 5.41) is 7.44. The summed E-state index contributed by atoms with van der Waals surface area (Å²) >= 11 is 6.87. The van der Waals surface area contributed by atoms with E-state index in [0.717, 1.165) is 21.7 Å². The smallest absolute Gasteiger partial charge is 0.341 e. The Balaban J connectivity index is 2.20. The fourth-order valence-corrected chi connectivity index (χ4v) is 3.60. The Morgan fingerprint density at radius 3 is 2.48 bits per heavy atom. The minimum absolute atomic E-state index is 0.358. The molecule has 0 aliphatic rings. The highest BCUT2D eigenvalue weighted by Crippen LogP contribution is 2.33. The van der Waals surface area contributed by atoms with E-state index in [1.54, 1.807) is 0 Å². The third-order valence-electron chi connectivity index (χ3n) is 3.63. The summed E-state index contributed by atoms with van der Waals surface area (Å²) in [5.74, 6) is -0.358. The molecule has 2 aromatic rings. The number of carbonyl (C=O) groups excluding carboxylic acids is 1. The van der Waals surface area contributed by atoms with Gasteiger partial charge in [0.15, 0.2) is 5.11 Å². The molecule has 0 saturated heterocycles. The summed E-state index contributed by atoms with van der Waals surface area (Å²) in [6.45, 7) is 7.95. The van der Waals surface area contributed by atoms with Crippen molar-refractivity contribution < 1.29 is 9.53 Å². The first kappa shape index (κ1) is 17.4. The summed E-state index contributed by atoms with van der Waals surface area (Å²) in [6, 6.07) is 6.10. The molecule has 0 spiro atoms. The number of hydrogen-bond donors (Lipinski definition) is 2. The zero-order valence-corrected chi connectivity index (χ0v) is 15.5. The van der Waals surface area contributed by atoms with Crippen LogP contribution in [0, 0.1) is 27.7 Å². The number of nitrogens with one attached hydrogen (secondary N) is 2. The van der Waals surface area contributed by atoms with Gasteiger partial charge in [-0.05, 0) is 57.1 Å². The Kier molecular flexibility index (Phi) is 5.38. The van der Waals surface area contributed by atoms with Gasteiger partial charge in [0.2, 0.25) is 0 Å². The molecule has 0 aliphatic heterocycles. The van der Waals surface area contributed by atoms with Crippen LogP contribution in [0.5, 0.6) is 0 Å². The number of thiophene rings is 1. The lowest BCUT2D eigenvalue weighted by molar-refractivity contribution is 0.0601. The van der Waals surface area contributed by atoms with Crippen LogP contribution in [0.3, 0.4) is 0 Å². The van der Waals surface area contributed by atoms with Crippen molar-refractivity contribution in [2.45, 2.75) is 27.7 Å². The second-order valence-corrected chi connectivity index (χ2v) is 7.01. The van der Waals surface area contributed by atoms with Gasteiger partial charge >= 0.3 is 5.97 Å². The first-order valence-corrected chi connectivity index (χ1v) is 8.39. The molecule has 0 unspecified atom stereocenters. The van der Waals surface area contributed by atoms with Crippen molar-refractivity contribution in [2.24, 2.45) is 0 Å². The lowest BCUT2D eigenvalue weighted by Crippen LogP contribution is -2.20. The summed E-state index contributed by atoms with van der Waals surface area (Å²) in [6.07, 6.45) is 0. The van der Waals surface area contributed by atoms with Crippen LogP contribution < -0.4 is 10.6 Å². The minimum atomic E-state index is -0.358. The second-order valence-electron chi connectivity index (χ2n) is 5.38. The van der Waals surface area contributed by atoms with Crippen LogP contribution in [0.15, 0.2) is 18.2 Å². The van der Waals surface area contributed by atoms with Gasteiger partial charge in [-0.25, -0.2) is 4.79 Å². The maximum Gasteiger partial charge on any atom is 0.341 e. The molecular formula is C17H20N2O2S2. The van der Waals surface area contributed by atoms with Crippen molar-refractivity contribution in [3.05, 3.63) is 45.3 Å². The topological polar surface area (TPSA) is 50.4 Å². The fourth-order valence-electron chi connectivity index (χ4n) is 2.27. The highest BCUT2D eigenvalue weighted by Gasteiger charge is 2.20. The summed E-state index contributed by atoms with van der Waals surface area (Å²) in [4.78, 5) is 13.0. The number of carbonyl (C=O) groups is 1. The van der Waals surface area contributed by atoms with Crippen molar-refractivity contribution in [3.8, 4) is 0 Å². The van der Waals surface area contributed by atoms with Gasteiger partial charge in [0.1, 0.15) is 5.00 Å². The SMILES string of the molecule is COC(=O)c1c(NC(=S)Nc2ccc(C)cc2C)sc(C)c1C. The standard InChI is InChI=1S/C17H20N2O2S2/c1-9-6-7-13(10(2)8-9)18-17(22)19-15-14(16(20)21-5)11(3)12(4)23-15/h6-8H,1-5H3,(H2,18,19,22). The zero-order chi connectivity index (χ0) is 17.1. The van der Waals surface area contributed by atoms with Gasteiger partial charge in [0.05, 0.1) is 12.7 Å². The van der Waals surface area contributed by atoms with E-state index in [2.05, 4.69) is 16.7 Å². The van der Waals surface area contributed by atoms with Crippen molar-refractivity contribution in [1.82, 2.24) is 0 Å². The predicted molar refractivity (Wildman–Crippen MR) is 101 cm³/mol. The number of thiocarbonyl (C=S) groups is 1. The van der Waals surface area contributed by atoms with Gasteiger partial charge in [-0.1, -0.05) is 17.7 Å². The Bertz CT molecular complexity index is 766. The number of aryl methyl sites for hydroxylation is 3. The number of rotatable bonds is 3. The maximum absolute atomic E-state index is 12.0. The van der Waals surface area contributed by atoms with Crippen molar-refractivity contribution >= 4 is 45.3 Å². The molecule has 2 N–H and O–H groups in total. The number of esters is 1. The fraction of sp³-hybridized carbons (Fsp3) is 0.294. The molecule has 2 rings (SSSR count). The van der Waals surface area contributed by atoms with Crippen LogP contribution in [-0.4, -0.2) is 18.2 Å². The third-order valence-corrected chi connectivity index (χ3v) is 4.96. The summed E-state index contributed by atoms with van der Waals surface area (Å²) in [7, 11) is 1.38. The monoisotopic (exact) mass is 348 g/mol. The van der Waals surface area contributed by atoms with E-state index >= 15 is 0 Å². The van der Waals surface area contributed by atoms with Gasteiger partial charge in [-0.2, -0.15) is 0 Å². The van der Waals surface area contributed by atoms with Crippen LogP contribution in [0.2, 0.25) is 0 Å².